The average molecular weight is 421 g/mol. The smallest absolute Gasteiger partial charge is 0.138 e. The molecule has 0 saturated heterocycles. The summed E-state index contributed by atoms with van der Waals surface area (Å²) >= 11 is 0. The minimum atomic E-state index is 0.283. The molecule has 0 bridgehead atoms. The molecule has 0 aromatic carbocycles. The summed E-state index contributed by atoms with van der Waals surface area (Å²) in [6, 6.07) is 2.23. The molecule has 3 nitrogen and oxygen atoms in total. The lowest BCUT2D eigenvalue weighted by Gasteiger charge is -2.57. The van der Waals surface area contributed by atoms with Crippen LogP contribution in [0.5, 0.6) is 5.75 Å². The number of allylic oxidation sites excluding steroid dienone is 3. The van der Waals surface area contributed by atoms with Crippen LogP contribution >= 0.6 is 0 Å². The first kappa shape index (κ1) is 21.2. The van der Waals surface area contributed by atoms with E-state index < -0.39 is 0 Å². The first-order valence-electron chi connectivity index (χ1n) is 12.6. The van der Waals surface area contributed by atoms with Gasteiger partial charge in [-0.15, -0.1) is 0 Å². The molecule has 3 aliphatic carbocycles. The summed E-state index contributed by atoms with van der Waals surface area (Å²) < 4.78 is 5.90. The zero-order chi connectivity index (χ0) is 21.6. The lowest BCUT2D eigenvalue weighted by Crippen LogP contribution is -2.49. The summed E-state index contributed by atoms with van der Waals surface area (Å²) in [5.74, 6) is 3.40. The van der Waals surface area contributed by atoms with Crippen LogP contribution in [0.2, 0.25) is 0 Å². The van der Waals surface area contributed by atoms with Crippen LogP contribution in [0.15, 0.2) is 36.2 Å². The summed E-state index contributed by atoms with van der Waals surface area (Å²) in [5.41, 5.74) is 5.30. The molecule has 5 rings (SSSR count). The van der Waals surface area contributed by atoms with E-state index in [1.807, 2.05) is 6.20 Å². The van der Waals surface area contributed by atoms with E-state index in [4.69, 9.17) is 4.74 Å². The Balaban J connectivity index is 1.41. The highest BCUT2D eigenvalue weighted by atomic mass is 16.5. The predicted molar refractivity (Wildman–Crippen MR) is 128 cm³/mol. The van der Waals surface area contributed by atoms with E-state index in [1.165, 1.54) is 56.2 Å². The minimum Gasteiger partial charge on any atom is -0.492 e. The van der Waals surface area contributed by atoms with Gasteiger partial charge in [0.1, 0.15) is 5.75 Å². The maximum atomic E-state index is 5.90. The molecule has 168 valence electrons. The van der Waals surface area contributed by atoms with E-state index in [1.54, 1.807) is 5.57 Å². The largest absolute Gasteiger partial charge is 0.492 e. The maximum Gasteiger partial charge on any atom is 0.138 e. The highest BCUT2D eigenvalue weighted by Crippen LogP contribution is 2.66. The molecular formula is C28H40N2O. The van der Waals surface area contributed by atoms with Crippen molar-refractivity contribution < 1.29 is 4.74 Å². The number of fused-ring (bicyclic) bond motifs is 5. The third-order valence-corrected chi connectivity index (χ3v) is 9.48. The number of aromatic nitrogens is 1. The standard InChI is InChI=1S/C28H40N2O/c1-5-16-31-22-17-20(18-29-19-22)24-8-9-25-23-7-6-21-11-14-30(4)15-13-27(21,2)26(23)10-12-28(24,25)3/h8,11,17-19,23,25-26H,5-7,9-10,12-16H2,1-4H3/t23-,25?,26-,27-,28+/m0/s1. The van der Waals surface area contributed by atoms with Crippen LogP contribution in [0.25, 0.3) is 5.57 Å². The van der Waals surface area contributed by atoms with Crippen LogP contribution in [0.4, 0.5) is 0 Å². The van der Waals surface area contributed by atoms with Crippen LogP contribution < -0.4 is 4.74 Å². The maximum absolute atomic E-state index is 5.90. The Labute approximate surface area is 189 Å². The van der Waals surface area contributed by atoms with Gasteiger partial charge in [-0.3, -0.25) is 4.98 Å². The summed E-state index contributed by atoms with van der Waals surface area (Å²) in [4.78, 5) is 7.05. The Morgan fingerprint density at radius 1 is 1.10 bits per heavy atom. The molecule has 1 aromatic heterocycles. The Bertz CT molecular complexity index is 889. The van der Waals surface area contributed by atoms with Crippen molar-refractivity contribution in [2.75, 3.05) is 26.7 Å². The third kappa shape index (κ3) is 3.48. The van der Waals surface area contributed by atoms with Crippen LogP contribution in [0.3, 0.4) is 0 Å². The quantitative estimate of drug-likeness (QED) is 0.529. The molecule has 4 aliphatic rings. The fourth-order valence-electron chi connectivity index (χ4n) is 7.67. The first-order valence-corrected chi connectivity index (χ1v) is 12.6. The molecular weight excluding hydrogens is 380 g/mol. The molecule has 1 aliphatic heterocycles. The molecule has 2 heterocycles. The van der Waals surface area contributed by atoms with E-state index in [0.29, 0.717) is 5.41 Å². The van der Waals surface area contributed by atoms with E-state index >= 15 is 0 Å². The Kier molecular flexibility index (Phi) is 5.53. The molecule has 31 heavy (non-hydrogen) atoms. The topological polar surface area (TPSA) is 25.4 Å². The third-order valence-electron chi connectivity index (χ3n) is 9.48. The lowest BCUT2D eigenvalue weighted by molar-refractivity contribution is -0.0194. The van der Waals surface area contributed by atoms with Crippen molar-refractivity contribution in [1.82, 2.24) is 9.88 Å². The Morgan fingerprint density at radius 2 is 1.97 bits per heavy atom. The molecule has 2 fully saturated rings. The fourth-order valence-corrected chi connectivity index (χ4v) is 7.67. The Morgan fingerprint density at radius 3 is 2.81 bits per heavy atom. The van der Waals surface area contributed by atoms with Crippen molar-refractivity contribution in [3.8, 4) is 5.75 Å². The van der Waals surface area contributed by atoms with Crippen LogP contribution in [0, 0.1) is 28.6 Å². The molecule has 0 spiro atoms. The highest BCUT2D eigenvalue weighted by molar-refractivity contribution is 5.73. The summed E-state index contributed by atoms with van der Waals surface area (Å²) in [5, 5.41) is 0. The van der Waals surface area contributed by atoms with E-state index in [-0.39, 0.29) is 5.41 Å². The molecule has 1 aromatic rings. The number of ether oxygens (including phenoxy) is 1. The normalized spacial score (nSPS) is 37.7. The molecule has 5 atom stereocenters. The first-order chi connectivity index (χ1) is 15.0. The minimum absolute atomic E-state index is 0.283. The number of nitrogens with zero attached hydrogens (tertiary/aromatic N) is 2. The average Bonchev–Trinajstić information content (AvgIpc) is 3.05. The zero-order valence-corrected chi connectivity index (χ0v) is 20.0. The monoisotopic (exact) mass is 420 g/mol. The predicted octanol–water partition coefficient (Wildman–Crippen LogP) is 6.37. The van der Waals surface area contributed by atoms with Gasteiger partial charge < -0.3 is 9.64 Å². The van der Waals surface area contributed by atoms with Gasteiger partial charge in [-0.2, -0.15) is 0 Å². The highest BCUT2D eigenvalue weighted by Gasteiger charge is 2.56. The number of likely N-dealkylation sites (N-methyl/N-ethyl adjacent to an activating group) is 1. The fraction of sp³-hybridized carbons (Fsp3) is 0.679. The van der Waals surface area contributed by atoms with Gasteiger partial charge in [-0.1, -0.05) is 38.5 Å². The second-order valence-electron chi connectivity index (χ2n) is 11.1. The van der Waals surface area contributed by atoms with Gasteiger partial charge in [0.05, 0.1) is 12.8 Å². The number of rotatable bonds is 4. The van der Waals surface area contributed by atoms with Gasteiger partial charge in [0.15, 0.2) is 0 Å². The van der Waals surface area contributed by atoms with Crippen LogP contribution in [0.1, 0.15) is 71.3 Å². The summed E-state index contributed by atoms with van der Waals surface area (Å²) in [6.07, 6.45) is 18.0. The van der Waals surface area contributed by atoms with Gasteiger partial charge in [-0.25, -0.2) is 0 Å². The molecule has 1 unspecified atom stereocenters. The zero-order valence-electron chi connectivity index (χ0n) is 20.0. The van der Waals surface area contributed by atoms with Crippen molar-refractivity contribution in [1.29, 1.82) is 0 Å². The van der Waals surface area contributed by atoms with Crippen molar-refractivity contribution in [3.05, 3.63) is 41.7 Å². The number of hydrogen-bond acceptors (Lipinski definition) is 3. The van der Waals surface area contributed by atoms with Crippen molar-refractivity contribution in [3.63, 3.8) is 0 Å². The molecule has 0 N–H and O–H groups in total. The van der Waals surface area contributed by atoms with Gasteiger partial charge in [0, 0.05) is 12.7 Å². The molecule has 2 saturated carbocycles. The summed E-state index contributed by atoms with van der Waals surface area (Å²) in [7, 11) is 2.28. The van der Waals surface area contributed by atoms with Gasteiger partial charge in [-0.05, 0) is 104 Å². The molecule has 0 amide bonds. The van der Waals surface area contributed by atoms with Crippen molar-refractivity contribution in [2.24, 2.45) is 28.6 Å². The van der Waals surface area contributed by atoms with E-state index in [9.17, 15) is 0 Å². The van der Waals surface area contributed by atoms with Crippen molar-refractivity contribution >= 4 is 5.57 Å². The molecule has 3 heteroatoms. The van der Waals surface area contributed by atoms with Gasteiger partial charge >= 0.3 is 0 Å². The van der Waals surface area contributed by atoms with Crippen LogP contribution in [-0.2, 0) is 0 Å². The molecule has 0 radical (unpaired) electrons. The SMILES string of the molecule is CCCOc1cncc(C2=CCC3[C@@H]4CCC5=CCN(C)CC[C@]5(C)[C@H]4CC[C@]23C)c1. The second-order valence-corrected chi connectivity index (χ2v) is 11.1. The number of pyridine rings is 1. The van der Waals surface area contributed by atoms with Crippen molar-refractivity contribution in [2.45, 2.75) is 65.7 Å². The second kappa shape index (κ2) is 8.06. The van der Waals surface area contributed by atoms with Crippen LogP contribution in [-0.4, -0.2) is 36.6 Å². The summed E-state index contributed by atoms with van der Waals surface area (Å²) in [6.45, 7) is 10.5. The van der Waals surface area contributed by atoms with Gasteiger partial charge in [0.25, 0.3) is 0 Å². The lowest BCUT2D eigenvalue weighted by atomic mass is 9.47. The Hall–Kier alpha value is -1.61. The van der Waals surface area contributed by atoms with E-state index in [0.717, 1.165) is 43.1 Å². The number of hydrogen-bond donors (Lipinski definition) is 0. The van der Waals surface area contributed by atoms with Gasteiger partial charge in [0.2, 0.25) is 0 Å². The van der Waals surface area contributed by atoms with E-state index in [2.05, 4.69) is 62.1 Å².